The summed E-state index contributed by atoms with van der Waals surface area (Å²) >= 11 is 3.13. The van der Waals surface area contributed by atoms with Crippen molar-refractivity contribution in [3.05, 3.63) is 10.6 Å². The molecular weight excluding hydrogens is 306 g/mol. The van der Waals surface area contributed by atoms with Gasteiger partial charge in [-0.3, -0.25) is 0 Å². The minimum atomic E-state index is -1.15. The lowest BCUT2D eigenvalue weighted by molar-refractivity contribution is 0.0666. The third-order valence-electron chi connectivity index (χ3n) is 2.03. The summed E-state index contributed by atoms with van der Waals surface area (Å²) in [5, 5.41) is 12.5. The number of halogens is 1. The average molecular weight is 322 g/mol. The molecule has 1 heterocycles. The van der Waals surface area contributed by atoms with Crippen LogP contribution in [0.2, 0.25) is 25.7 Å². The first-order valence-corrected chi connectivity index (χ1v) is 9.71. The molecule has 96 valence electrons. The van der Waals surface area contributed by atoms with Gasteiger partial charge in [0.2, 0.25) is 0 Å². The molecule has 0 spiro atoms. The molecule has 0 atom stereocenters. The summed E-state index contributed by atoms with van der Waals surface area (Å²) in [5.74, 6) is -1.38. The van der Waals surface area contributed by atoms with E-state index in [2.05, 4.69) is 45.7 Å². The Kier molecular flexibility index (Phi) is 4.84. The molecule has 0 aliphatic carbocycles. The van der Waals surface area contributed by atoms with Crippen molar-refractivity contribution in [2.45, 2.75) is 32.4 Å². The molecule has 0 amide bonds. The van der Waals surface area contributed by atoms with Gasteiger partial charge in [0, 0.05) is 14.7 Å². The molecule has 1 aromatic rings. The first kappa shape index (κ1) is 14.3. The minimum Gasteiger partial charge on any atom is -0.475 e. The van der Waals surface area contributed by atoms with Crippen molar-refractivity contribution in [2.24, 2.45) is 0 Å². The maximum atomic E-state index is 10.6. The monoisotopic (exact) mass is 321 g/mol. The van der Waals surface area contributed by atoms with Crippen LogP contribution in [0.25, 0.3) is 0 Å². The molecule has 0 radical (unpaired) electrons. The normalized spacial score (nSPS) is 11.8. The fraction of sp³-hybridized carbons (Fsp3) is 0.667. The predicted octanol–water partition coefficient (Wildman–Crippen LogP) is 2.05. The van der Waals surface area contributed by atoms with E-state index >= 15 is 0 Å². The molecule has 0 unspecified atom stereocenters. The smallest absolute Gasteiger partial charge is 0.375 e. The topological polar surface area (TPSA) is 77.2 Å². The predicted molar refractivity (Wildman–Crippen MR) is 68.8 cm³/mol. The summed E-state index contributed by atoms with van der Waals surface area (Å²) in [4.78, 5) is 14.4. The maximum Gasteiger partial charge on any atom is 0.375 e. The van der Waals surface area contributed by atoms with E-state index in [1.54, 1.807) is 0 Å². The van der Waals surface area contributed by atoms with E-state index in [0.717, 1.165) is 6.04 Å². The van der Waals surface area contributed by atoms with Crippen LogP contribution in [0.5, 0.6) is 0 Å². The Hall–Kier alpha value is -0.733. The van der Waals surface area contributed by atoms with Crippen molar-refractivity contribution in [1.29, 1.82) is 0 Å². The van der Waals surface area contributed by atoms with Gasteiger partial charge >= 0.3 is 5.97 Å². The van der Waals surface area contributed by atoms with Crippen molar-refractivity contribution < 1.29 is 14.6 Å². The van der Waals surface area contributed by atoms with E-state index in [4.69, 9.17) is 9.84 Å². The van der Waals surface area contributed by atoms with Crippen LogP contribution in [0.3, 0.4) is 0 Å². The van der Waals surface area contributed by atoms with E-state index in [1.165, 1.54) is 4.68 Å². The second kappa shape index (κ2) is 5.74. The summed E-state index contributed by atoms with van der Waals surface area (Å²) in [6.45, 7) is 7.68. The zero-order valence-corrected chi connectivity index (χ0v) is 12.7. The molecule has 0 saturated carbocycles. The third kappa shape index (κ3) is 4.96. The van der Waals surface area contributed by atoms with Crippen molar-refractivity contribution in [2.75, 3.05) is 6.61 Å². The number of rotatable bonds is 6. The van der Waals surface area contributed by atoms with Crippen LogP contribution in [0.15, 0.2) is 4.73 Å². The largest absolute Gasteiger partial charge is 0.475 e. The summed E-state index contributed by atoms with van der Waals surface area (Å²) in [6.07, 6.45) is 0. The highest BCUT2D eigenvalue weighted by Gasteiger charge is 2.15. The molecular formula is C9H16BrN3O3Si. The van der Waals surface area contributed by atoms with Gasteiger partial charge in [0.15, 0.2) is 4.73 Å². The molecule has 0 aliphatic rings. The van der Waals surface area contributed by atoms with Crippen LogP contribution >= 0.6 is 15.9 Å². The number of aromatic carboxylic acids is 1. The molecule has 0 saturated heterocycles. The number of hydrogen-bond acceptors (Lipinski definition) is 4. The Morgan fingerprint density at radius 1 is 1.53 bits per heavy atom. The molecule has 1 rings (SSSR count). The fourth-order valence-corrected chi connectivity index (χ4v) is 2.13. The van der Waals surface area contributed by atoms with E-state index in [9.17, 15) is 4.79 Å². The zero-order valence-electron chi connectivity index (χ0n) is 10.1. The zero-order chi connectivity index (χ0) is 13.1. The van der Waals surface area contributed by atoms with Gasteiger partial charge in [-0.1, -0.05) is 19.6 Å². The lowest BCUT2D eigenvalue weighted by Gasteiger charge is -2.15. The fourth-order valence-electron chi connectivity index (χ4n) is 1.03. The summed E-state index contributed by atoms with van der Waals surface area (Å²) in [7, 11) is -1.10. The second-order valence-corrected chi connectivity index (χ2v) is 11.2. The van der Waals surface area contributed by atoms with Crippen LogP contribution < -0.4 is 0 Å². The van der Waals surface area contributed by atoms with Crippen LogP contribution in [-0.2, 0) is 11.5 Å². The van der Waals surface area contributed by atoms with Crippen LogP contribution in [-0.4, -0.2) is 40.5 Å². The van der Waals surface area contributed by atoms with Crippen molar-refractivity contribution in [3.63, 3.8) is 0 Å². The number of hydrogen-bond donors (Lipinski definition) is 1. The van der Waals surface area contributed by atoms with Gasteiger partial charge in [-0.15, -0.1) is 5.10 Å². The minimum absolute atomic E-state index is 0.214. The maximum absolute atomic E-state index is 10.6. The number of carboxylic acid groups (broad SMARTS) is 1. The molecule has 0 aliphatic heterocycles. The van der Waals surface area contributed by atoms with Gasteiger partial charge in [0.05, 0.1) is 0 Å². The summed E-state index contributed by atoms with van der Waals surface area (Å²) < 4.78 is 7.19. The Balaban J connectivity index is 2.44. The quantitative estimate of drug-likeness (QED) is 0.641. The summed E-state index contributed by atoms with van der Waals surface area (Å²) in [5.41, 5.74) is 0. The lowest BCUT2D eigenvalue weighted by Crippen LogP contribution is -2.22. The van der Waals surface area contributed by atoms with Crippen molar-refractivity contribution in [3.8, 4) is 0 Å². The molecule has 1 aromatic heterocycles. The van der Waals surface area contributed by atoms with E-state index < -0.39 is 14.0 Å². The molecule has 0 fully saturated rings. The number of carbonyl (C=O) groups is 1. The molecule has 1 N–H and O–H groups in total. The molecule has 0 aromatic carbocycles. The number of carboxylic acids is 1. The number of ether oxygens (including phenoxy) is 1. The second-order valence-electron chi connectivity index (χ2n) is 4.86. The average Bonchev–Trinajstić information content (AvgIpc) is 2.54. The molecule has 0 bridgehead atoms. The number of aromatic nitrogens is 3. The van der Waals surface area contributed by atoms with Gasteiger partial charge in [-0.2, -0.15) is 4.98 Å². The lowest BCUT2D eigenvalue weighted by atomic mass is 10.7. The molecule has 8 heteroatoms. The van der Waals surface area contributed by atoms with Gasteiger partial charge in [0.25, 0.3) is 5.82 Å². The van der Waals surface area contributed by atoms with Gasteiger partial charge < -0.3 is 9.84 Å². The first-order chi connectivity index (χ1) is 7.79. The van der Waals surface area contributed by atoms with Crippen LogP contribution in [0, 0.1) is 0 Å². The van der Waals surface area contributed by atoms with E-state index in [-0.39, 0.29) is 12.6 Å². The highest BCUT2D eigenvalue weighted by atomic mass is 79.9. The van der Waals surface area contributed by atoms with Crippen LogP contribution in [0.1, 0.15) is 10.6 Å². The Bertz CT molecular complexity index is 403. The van der Waals surface area contributed by atoms with E-state index in [1.807, 2.05) is 0 Å². The standard InChI is InChI=1S/C9H16BrN3O3Si/c1-17(2,3)5-4-16-6-13-9(10)11-7(12-13)8(14)15/h4-6H2,1-3H3,(H,14,15). The summed E-state index contributed by atoms with van der Waals surface area (Å²) in [6, 6.07) is 1.06. The third-order valence-corrected chi connectivity index (χ3v) is 4.32. The molecule has 17 heavy (non-hydrogen) atoms. The Labute approximate surface area is 109 Å². The van der Waals surface area contributed by atoms with Crippen molar-refractivity contribution in [1.82, 2.24) is 14.8 Å². The van der Waals surface area contributed by atoms with Crippen LogP contribution in [0.4, 0.5) is 0 Å². The molecule has 6 nitrogen and oxygen atoms in total. The van der Waals surface area contributed by atoms with Crippen molar-refractivity contribution >= 4 is 30.0 Å². The van der Waals surface area contributed by atoms with Gasteiger partial charge in [-0.05, 0) is 22.0 Å². The number of nitrogens with zero attached hydrogens (tertiary/aromatic N) is 3. The van der Waals surface area contributed by atoms with Gasteiger partial charge in [0.1, 0.15) is 6.73 Å². The first-order valence-electron chi connectivity index (χ1n) is 5.21. The SMILES string of the molecule is C[Si](C)(C)CCOCn1nc(C(=O)O)nc1Br. The van der Waals surface area contributed by atoms with E-state index in [0.29, 0.717) is 11.3 Å². The Morgan fingerprint density at radius 2 is 2.18 bits per heavy atom. The van der Waals surface area contributed by atoms with Gasteiger partial charge in [-0.25, -0.2) is 9.48 Å². The highest BCUT2D eigenvalue weighted by molar-refractivity contribution is 9.10. The Morgan fingerprint density at radius 3 is 2.65 bits per heavy atom. The highest BCUT2D eigenvalue weighted by Crippen LogP contribution is 2.10.